The number of aliphatic hydroxyl groups excluding tert-OH is 2. The Kier molecular flexibility index (Phi) is 5.91. The number of nitrogens with one attached hydrogen (secondary N) is 1. The van der Waals surface area contributed by atoms with Crippen LogP contribution in [-0.4, -0.2) is 47.5 Å². The van der Waals surface area contributed by atoms with Gasteiger partial charge >= 0.3 is 0 Å². The Labute approximate surface area is 161 Å². The number of benzene rings is 2. The second-order valence-corrected chi connectivity index (χ2v) is 6.40. The van der Waals surface area contributed by atoms with Crippen molar-refractivity contribution in [3.63, 3.8) is 0 Å². The Morgan fingerprint density at radius 2 is 2.07 bits per heavy atom. The van der Waals surface area contributed by atoms with Gasteiger partial charge in [0.05, 0.1) is 31.0 Å². The van der Waals surface area contributed by atoms with Crippen LogP contribution in [0.5, 0.6) is 5.88 Å². The molecule has 2 aromatic carbocycles. The summed E-state index contributed by atoms with van der Waals surface area (Å²) in [5.41, 5.74) is 2.15. The molecule has 0 bridgehead atoms. The number of nitrogens with zero attached hydrogens (tertiary/aromatic N) is 1. The molecule has 3 aromatic rings. The maximum atomic E-state index is 12.3. The molecular weight excluding hydrogens is 368 g/mol. The zero-order valence-corrected chi connectivity index (χ0v) is 15.4. The summed E-state index contributed by atoms with van der Waals surface area (Å²) < 4.78 is 5.19. The van der Waals surface area contributed by atoms with Crippen LogP contribution in [0.4, 0.5) is 0 Å². The third-order valence-corrected chi connectivity index (χ3v) is 4.48. The number of hydrogen-bond donors (Lipinski definition) is 3. The molecule has 27 heavy (non-hydrogen) atoms. The van der Waals surface area contributed by atoms with E-state index in [1.165, 1.54) is 0 Å². The molecule has 1 unspecified atom stereocenters. The molecule has 0 fully saturated rings. The van der Waals surface area contributed by atoms with Crippen molar-refractivity contribution in [1.82, 2.24) is 10.3 Å². The zero-order valence-electron chi connectivity index (χ0n) is 14.6. The number of pyridine rings is 1. The van der Waals surface area contributed by atoms with Gasteiger partial charge in [0, 0.05) is 23.7 Å². The van der Waals surface area contributed by atoms with Crippen molar-refractivity contribution in [2.75, 3.05) is 20.3 Å². The number of aliphatic hydroxyl groups is 2. The Morgan fingerprint density at radius 1 is 1.26 bits per heavy atom. The van der Waals surface area contributed by atoms with Gasteiger partial charge < -0.3 is 20.3 Å². The van der Waals surface area contributed by atoms with Crippen molar-refractivity contribution < 1.29 is 19.7 Å². The van der Waals surface area contributed by atoms with E-state index in [9.17, 15) is 9.90 Å². The van der Waals surface area contributed by atoms with E-state index in [-0.39, 0.29) is 12.5 Å². The van der Waals surface area contributed by atoms with Crippen molar-refractivity contribution in [3.05, 3.63) is 59.2 Å². The number of amides is 1. The number of ether oxygens (including phenoxy) is 1. The lowest BCUT2D eigenvalue weighted by Gasteiger charge is -2.12. The summed E-state index contributed by atoms with van der Waals surface area (Å²) in [5, 5.41) is 23.1. The van der Waals surface area contributed by atoms with Gasteiger partial charge in [-0.1, -0.05) is 35.9 Å². The minimum absolute atomic E-state index is 0.0141. The second kappa shape index (κ2) is 8.35. The van der Waals surface area contributed by atoms with Crippen molar-refractivity contribution in [3.8, 4) is 17.0 Å². The quantitative estimate of drug-likeness (QED) is 0.605. The third kappa shape index (κ3) is 4.19. The van der Waals surface area contributed by atoms with Crippen LogP contribution in [-0.2, 0) is 0 Å². The zero-order chi connectivity index (χ0) is 19.4. The van der Waals surface area contributed by atoms with E-state index in [2.05, 4.69) is 10.3 Å². The monoisotopic (exact) mass is 386 g/mol. The van der Waals surface area contributed by atoms with Gasteiger partial charge in [-0.3, -0.25) is 4.79 Å². The van der Waals surface area contributed by atoms with Crippen LogP contribution in [0.25, 0.3) is 21.9 Å². The second-order valence-electron chi connectivity index (χ2n) is 5.99. The van der Waals surface area contributed by atoms with Gasteiger partial charge in [-0.05, 0) is 28.5 Å². The van der Waals surface area contributed by atoms with Gasteiger partial charge in [-0.15, -0.1) is 0 Å². The number of carbonyl (C=O) groups excluding carboxylic acids is 1. The molecule has 0 radical (unpaired) electrons. The van der Waals surface area contributed by atoms with Crippen molar-refractivity contribution in [2.24, 2.45) is 0 Å². The summed E-state index contributed by atoms with van der Waals surface area (Å²) in [5.74, 6) is 0.142. The highest BCUT2D eigenvalue weighted by molar-refractivity contribution is 6.33. The van der Waals surface area contributed by atoms with E-state index in [4.69, 9.17) is 21.4 Å². The average molecular weight is 387 g/mol. The highest BCUT2D eigenvalue weighted by Crippen LogP contribution is 2.35. The van der Waals surface area contributed by atoms with Gasteiger partial charge in [-0.25, -0.2) is 4.98 Å². The molecule has 0 aliphatic heterocycles. The van der Waals surface area contributed by atoms with Gasteiger partial charge in [0.25, 0.3) is 5.91 Å². The summed E-state index contributed by atoms with van der Waals surface area (Å²) in [6, 6.07) is 12.8. The predicted octanol–water partition coefficient (Wildman–Crippen LogP) is 2.65. The number of carbonyl (C=O) groups is 1. The number of fused-ring (bicyclic) bond motifs is 1. The summed E-state index contributed by atoms with van der Waals surface area (Å²) in [4.78, 5) is 16.3. The lowest BCUT2D eigenvalue weighted by atomic mass is 9.97. The molecule has 3 rings (SSSR count). The van der Waals surface area contributed by atoms with Crippen LogP contribution >= 0.6 is 11.6 Å². The van der Waals surface area contributed by atoms with E-state index in [0.29, 0.717) is 16.5 Å². The summed E-state index contributed by atoms with van der Waals surface area (Å²) in [6.45, 7) is -0.419. The molecule has 1 heterocycles. The lowest BCUT2D eigenvalue weighted by Crippen LogP contribution is -2.33. The van der Waals surface area contributed by atoms with Gasteiger partial charge in [0.1, 0.15) is 0 Å². The number of halogens is 1. The van der Waals surface area contributed by atoms with Gasteiger partial charge in [0.2, 0.25) is 5.88 Å². The molecule has 7 heteroatoms. The fourth-order valence-corrected chi connectivity index (χ4v) is 2.98. The first-order valence-corrected chi connectivity index (χ1v) is 8.71. The SMILES string of the molecule is COc1cc(-c2cccc3cc(C(=O)NCC(O)CO)ccc23)c(Cl)cn1. The molecule has 0 aliphatic rings. The van der Waals surface area contributed by atoms with Crippen LogP contribution < -0.4 is 10.1 Å². The molecule has 140 valence electrons. The molecule has 0 spiro atoms. The van der Waals surface area contributed by atoms with Crippen LogP contribution in [0, 0.1) is 0 Å². The first-order valence-electron chi connectivity index (χ1n) is 8.33. The van der Waals surface area contributed by atoms with Crippen molar-refractivity contribution >= 4 is 28.3 Å². The fraction of sp³-hybridized carbons (Fsp3) is 0.200. The molecule has 3 N–H and O–H groups in total. The standard InChI is InChI=1S/C20H19ClN2O4/c1-27-19-8-17(18(21)10-22-19)16-4-2-3-12-7-13(5-6-15(12)16)20(26)23-9-14(25)11-24/h2-8,10,14,24-25H,9,11H2,1H3,(H,23,26). The van der Waals surface area contributed by atoms with Crippen molar-refractivity contribution in [1.29, 1.82) is 0 Å². The molecular formula is C20H19ClN2O4. The van der Waals surface area contributed by atoms with E-state index < -0.39 is 12.7 Å². The number of methoxy groups -OCH3 is 1. The number of hydrogen-bond acceptors (Lipinski definition) is 5. The van der Waals surface area contributed by atoms with Crippen LogP contribution in [0.15, 0.2) is 48.7 Å². The van der Waals surface area contributed by atoms with Crippen molar-refractivity contribution in [2.45, 2.75) is 6.10 Å². The van der Waals surface area contributed by atoms with Crippen LogP contribution in [0.2, 0.25) is 5.02 Å². The number of aromatic nitrogens is 1. The summed E-state index contributed by atoms with van der Waals surface area (Å²) >= 11 is 6.33. The minimum atomic E-state index is -0.982. The average Bonchev–Trinajstić information content (AvgIpc) is 2.71. The molecule has 6 nitrogen and oxygen atoms in total. The predicted molar refractivity (Wildman–Crippen MR) is 104 cm³/mol. The molecule has 0 saturated heterocycles. The van der Waals surface area contributed by atoms with E-state index in [0.717, 1.165) is 21.9 Å². The lowest BCUT2D eigenvalue weighted by molar-refractivity contribution is 0.0802. The largest absolute Gasteiger partial charge is 0.481 e. The van der Waals surface area contributed by atoms with Crippen LogP contribution in [0.1, 0.15) is 10.4 Å². The smallest absolute Gasteiger partial charge is 0.251 e. The van der Waals surface area contributed by atoms with E-state index in [1.807, 2.05) is 24.3 Å². The molecule has 1 atom stereocenters. The normalized spacial score (nSPS) is 12.0. The molecule has 0 saturated carbocycles. The Hall–Kier alpha value is -2.67. The Morgan fingerprint density at radius 3 is 2.81 bits per heavy atom. The van der Waals surface area contributed by atoms with Gasteiger partial charge in [0.15, 0.2) is 0 Å². The maximum Gasteiger partial charge on any atom is 0.251 e. The first-order chi connectivity index (χ1) is 13.0. The maximum absolute atomic E-state index is 12.3. The molecule has 1 aromatic heterocycles. The molecule has 0 aliphatic carbocycles. The van der Waals surface area contributed by atoms with Gasteiger partial charge in [-0.2, -0.15) is 0 Å². The van der Waals surface area contributed by atoms with Crippen LogP contribution in [0.3, 0.4) is 0 Å². The highest BCUT2D eigenvalue weighted by atomic mass is 35.5. The van der Waals surface area contributed by atoms with E-state index >= 15 is 0 Å². The number of rotatable bonds is 6. The Bertz CT molecular complexity index is 977. The first kappa shape index (κ1) is 19.1. The molecule has 1 amide bonds. The Balaban J connectivity index is 1.98. The minimum Gasteiger partial charge on any atom is -0.481 e. The topological polar surface area (TPSA) is 91.7 Å². The van der Waals surface area contributed by atoms with E-state index in [1.54, 1.807) is 31.5 Å². The third-order valence-electron chi connectivity index (χ3n) is 4.18. The summed E-state index contributed by atoms with van der Waals surface area (Å²) in [7, 11) is 1.54. The summed E-state index contributed by atoms with van der Waals surface area (Å²) in [6.07, 6.45) is 0.563. The highest BCUT2D eigenvalue weighted by Gasteiger charge is 2.13. The fourth-order valence-electron chi connectivity index (χ4n) is 2.77.